The van der Waals surface area contributed by atoms with Crippen LogP contribution in [0.25, 0.3) is 6.08 Å². The Balaban J connectivity index is 1.58. The van der Waals surface area contributed by atoms with Crippen molar-refractivity contribution in [3.63, 3.8) is 0 Å². The number of methoxy groups -OCH3 is 1. The Kier molecular flexibility index (Phi) is 5.50. The van der Waals surface area contributed by atoms with E-state index in [1.165, 1.54) is 11.8 Å². The van der Waals surface area contributed by atoms with Gasteiger partial charge in [0.15, 0.2) is 5.78 Å². The van der Waals surface area contributed by atoms with Crippen LogP contribution in [0.5, 0.6) is 11.5 Å². The summed E-state index contributed by atoms with van der Waals surface area (Å²) in [7, 11) is 1.59. The second-order valence-electron chi connectivity index (χ2n) is 10.4. The fourth-order valence-electron chi connectivity index (χ4n) is 5.51. The second-order valence-corrected chi connectivity index (χ2v) is 10.4. The first-order valence-corrected chi connectivity index (χ1v) is 11.9. The monoisotopic (exact) mass is 488 g/mol. The summed E-state index contributed by atoms with van der Waals surface area (Å²) in [5, 5.41) is 0. The Hall–Kier alpha value is -3.94. The van der Waals surface area contributed by atoms with E-state index in [-0.39, 0.29) is 11.7 Å². The molecule has 3 aliphatic rings. The van der Waals surface area contributed by atoms with E-state index < -0.39 is 41.2 Å². The van der Waals surface area contributed by atoms with E-state index in [0.717, 1.165) is 11.3 Å². The van der Waals surface area contributed by atoms with Crippen LogP contribution in [0.1, 0.15) is 33.3 Å². The highest BCUT2D eigenvalue weighted by Crippen LogP contribution is 2.51. The smallest absolute Gasteiger partial charge is 0.308 e. The summed E-state index contributed by atoms with van der Waals surface area (Å²) in [6.45, 7) is 6.80. The minimum Gasteiger partial charge on any atom is -0.497 e. The molecule has 0 radical (unpaired) electrons. The van der Waals surface area contributed by atoms with Crippen molar-refractivity contribution in [2.24, 2.45) is 17.3 Å². The Morgan fingerprint density at radius 1 is 0.917 bits per heavy atom. The molecule has 0 aliphatic carbocycles. The number of ketones is 1. The van der Waals surface area contributed by atoms with Gasteiger partial charge in [-0.05, 0) is 42.5 Å². The van der Waals surface area contributed by atoms with Crippen LogP contribution in [0.3, 0.4) is 0 Å². The first-order valence-electron chi connectivity index (χ1n) is 11.9. The fourth-order valence-corrected chi connectivity index (χ4v) is 5.51. The zero-order valence-corrected chi connectivity index (χ0v) is 20.8. The second kappa shape index (κ2) is 8.33. The van der Waals surface area contributed by atoms with Gasteiger partial charge in [-0.25, -0.2) is 4.90 Å². The van der Waals surface area contributed by atoms with Gasteiger partial charge >= 0.3 is 5.97 Å². The summed E-state index contributed by atoms with van der Waals surface area (Å²) >= 11 is 0. The Morgan fingerprint density at radius 3 is 2.17 bits per heavy atom. The molecule has 2 fully saturated rings. The Bertz CT molecular complexity index is 1310. The summed E-state index contributed by atoms with van der Waals surface area (Å²) in [6, 6.07) is 10.6. The lowest BCUT2D eigenvalue weighted by molar-refractivity contribution is -0.132. The quantitative estimate of drug-likeness (QED) is 0.369. The number of rotatable bonds is 4. The van der Waals surface area contributed by atoms with E-state index in [1.807, 2.05) is 56.0 Å². The molecule has 4 atom stereocenters. The Morgan fingerprint density at radius 2 is 1.56 bits per heavy atom. The van der Waals surface area contributed by atoms with Gasteiger partial charge in [0.1, 0.15) is 17.5 Å². The van der Waals surface area contributed by atoms with Gasteiger partial charge in [-0.1, -0.05) is 32.9 Å². The maximum Gasteiger partial charge on any atom is 0.308 e. The van der Waals surface area contributed by atoms with Gasteiger partial charge in [0.2, 0.25) is 11.8 Å². The fraction of sp³-hybridized carbons (Fsp3) is 0.357. The molecule has 3 aliphatic heterocycles. The van der Waals surface area contributed by atoms with E-state index in [9.17, 15) is 19.2 Å². The minimum atomic E-state index is -0.819. The molecule has 2 saturated heterocycles. The largest absolute Gasteiger partial charge is 0.497 e. The van der Waals surface area contributed by atoms with Crippen molar-refractivity contribution in [2.75, 3.05) is 16.9 Å². The van der Waals surface area contributed by atoms with Crippen LogP contribution in [0.2, 0.25) is 0 Å². The zero-order valence-electron chi connectivity index (χ0n) is 20.8. The highest BCUT2D eigenvalue weighted by atomic mass is 16.5. The van der Waals surface area contributed by atoms with Crippen molar-refractivity contribution in [3.8, 4) is 11.5 Å². The molecular formula is C28H28N2O6. The lowest BCUT2D eigenvalue weighted by Crippen LogP contribution is -2.51. The van der Waals surface area contributed by atoms with Crippen molar-refractivity contribution in [1.29, 1.82) is 0 Å². The Labute approximate surface area is 209 Å². The van der Waals surface area contributed by atoms with Crippen molar-refractivity contribution < 1.29 is 28.7 Å². The highest BCUT2D eigenvalue weighted by molar-refractivity contribution is 6.25. The number of esters is 1. The standard InChI is InChI=1S/C28H28N2O6/c1-15(31)36-18-9-7-17(8-10-18)29-26(33)22-21-12-6-16-14-19(35-5)11-13-20(16)30(21)24(23(22)27(29)34)25(32)28(2,3)4/h6-14,21-24H,1-5H3/t21-,22+,23-,24+/m1/s1. The normalized spacial score (nSPS) is 24.4. The number of Topliss-reactive ketones (excluding diaryl/α,β-unsaturated/α-hetero) is 1. The maximum atomic E-state index is 13.9. The van der Waals surface area contributed by atoms with E-state index in [0.29, 0.717) is 17.2 Å². The molecule has 0 N–H and O–H groups in total. The molecule has 0 aromatic heterocycles. The third kappa shape index (κ3) is 3.59. The number of amides is 2. The summed E-state index contributed by atoms with van der Waals surface area (Å²) in [6.07, 6.45) is 3.84. The van der Waals surface area contributed by atoms with Gasteiger partial charge in [0.05, 0.1) is 30.7 Å². The number of hydrogen-bond donors (Lipinski definition) is 0. The van der Waals surface area contributed by atoms with Crippen LogP contribution < -0.4 is 19.3 Å². The molecule has 5 rings (SSSR count). The molecule has 186 valence electrons. The number of nitrogens with zero attached hydrogens (tertiary/aromatic N) is 2. The number of benzene rings is 2. The van der Waals surface area contributed by atoms with Crippen LogP contribution >= 0.6 is 0 Å². The van der Waals surface area contributed by atoms with E-state index in [4.69, 9.17) is 9.47 Å². The van der Waals surface area contributed by atoms with Crippen molar-refractivity contribution >= 4 is 41.0 Å². The number of imide groups is 1. The van der Waals surface area contributed by atoms with Crippen molar-refractivity contribution in [1.82, 2.24) is 0 Å². The molecule has 0 bridgehead atoms. The molecule has 0 saturated carbocycles. The van der Waals surface area contributed by atoms with Crippen LogP contribution in [0, 0.1) is 17.3 Å². The topological polar surface area (TPSA) is 93.2 Å². The molecule has 8 heteroatoms. The van der Waals surface area contributed by atoms with Gasteiger partial charge < -0.3 is 14.4 Å². The summed E-state index contributed by atoms with van der Waals surface area (Å²) in [4.78, 5) is 55.8. The molecule has 36 heavy (non-hydrogen) atoms. The molecule has 8 nitrogen and oxygen atoms in total. The molecule has 2 aromatic carbocycles. The predicted octanol–water partition coefficient (Wildman–Crippen LogP) is 3.63. The average Bonchev–Trinajstić information content (AvgIpc) is 3.30. The SMILES string of the molecule is COc1ccc2c(c1)C=C[C@@H]1[C@@H]3C(=O)N(c4ccc(OC(C)=O)cc4)C(=O)[C@H]3[C@@H](C(=O)C(C)(C)C)N21. The molecule has 2 amide bonds. The summed E-state index contributed by atoms with van der Waals surface area (Å²) in [5.74, 6) is -1.81. The summed E-state index contributed by atoms with van der Waals surface area (Å²) < 4.78 is 10.4. The van der Waals surface area contributed by atoms with Gasteiger partial charge in [-0.2, -0.15) is 0 Å². The van der Waals surface area contributed by atoms with Crippen molar-refractivity contribution in [2.45, 2.75) is 39.8 Å². The number of anilines is 2. The molecule has 0 unspecified atom stereocenters. The molecule has 3 heterocycles. The van der Waals surface area contributed by atoms with Crippen molar-refractivity contribution in [3.05, 3.63) is 54.1 Å². The highest BCUT2D eigenvalue weighted by Gasteiger charge is 2.65. The molecule has 2 aromatic rings. The van der Waals surface area contributed by atoms with E-state index in [2.05, 4.69) is 0 Å². The van der Waals surface area contributed by atoms with Gasteiger partial charge in [0.25, 0.3) is 0 Å². The van der Waals surface area contributed by atoms with Crippen LogP contribution in [-0.2, 0) is 19.2 Å². The molecule has 0 spiro atoms. The molecular weight excluding hydrogens is 460 g/mol. The van der Waals surface area contributed by atoms with Gasteiger partial charge in [-0.3, -0.25) is 19.2 Å². The number of carbonyl (C=O) groups excluding carboxylic acids is 4. The van der Waals surface area contributed by atoms with Crippen LogP contribution in [0.4, 0.5) is 11.4 Å². The first kappa shape index (κ1) is 23.8. The number of carbonyl (C=O) groups is 4. The van der Waals surface area contributed by atoms with Gasteiger partial charge in [-0.15, -0.1) is 0 Å². The first-order chi connectivity index (χ1) is 17.0. The third-order valence-electron chi connectivity index (χ3n) is 7.08. The lowest BCUT2D eigenvalue weighted by atomic mass is 9.79. The maximum absolute atomic E-state index is 13.9. The van der Waals surface area contributed by atoms with Crippen LogP contribution in [-0.4, -0.2) is 42.8 Å². The van der Waals surface area contributed by atoms with Gasteiger partial charge in [0, 0.05) is 23.6 Å². The number of hydrogen-bond acceptors (Lipinski definition) is 7. The van der Waals surface area contributed by atoms with Crippen LogP contribution in [0.15, 0.2) is 48.5 Å². The minimum absolute atomic E-state index is 0.0923. The zero-order chi connectivity index (χ0) is 25.9. The number of fused-ring (bicyclic) bond motifs is 5. The number of ether oxygens (including phenoxy) is 2. The lowest BCUT2D eigenvalue weighted by Gasteiger charge is -2.38. The predicted molar refractivity (Wildman–Crippen MR) is 134 cm³/mol. The summed E-state index contributed by atoms with van der Waals surface area (Å²) in [5.41, 5.74) is 1.34. The third-order valence-corrected chi connectivity index (χ3v) is 7.08. The van der Waals surface area contributed by atoms with E-state index >= 15 is 0 Å². The van der Waals surface area contributed by atoms with E-state index in [1.54, 1.807) is 31.4 Å². The average molecular weight is 489 g/mol.